The van der Waals surface area contributed by atoms with Crippen molar-refractivity contribution in [1.29, 1.82) is 0 Å². The summed E-state index contributed by atoms with van der Waals surface area (Å²) in [5.41, 5.74) is 5.93. The van der Waals surface area contributed by atoms with E-state index in [0.29, 0.717) is 22.4 Å². The highest BCUT2D eigenvalue weighted by Gasteiger charge is 2.31. The van der Waals surface area contributed by atoms with Crippen molar-refractivity contribution in [2.24, 2.45) is 5.73 Å². The van der Waals surface area contributed by atoms with E-state index in [9.17, 15) is 18.0 Å². The number of amides is 1. The SMILES string of the molecule is NC(=O)c1c(-c2ncnc3[nH]cnc23)ccn1-c1cc(C(F)(F)F)ccc1Cl. The van der Waals surface area contributed by atoms with Gasteiger partial charge in [-0.1, -0.05) is 11.6 Å². The Morgan fingerprint density at radius 3 is 2.68 bits per heavy atom. The molecule has 1 amide bonds. The Bertz CT molecular complexity index is 1210. The molecule has 0 bridgehead atoms. The van der Waals surface area contributed by atoms with Crippen molar-refractivity contribution in [3.8, 4) is 16.9 Å². The van der Waals surface area contributed by atoms with E-state index >= 15 is 0 Å². The van der Waals surface area contributed by atoms with Gasteiger partial charge in [-0.2, -0.15) is 13.2 Å². The van der Waals surface area contributed by atoms with E-state index in [1.807, 2.05) is 0 Å². The zero-order valence-corrected chi connectivity index (χ0v) is 14.6. The molecule has 0 aliphatic heterocycles. The zero-order valence-electron chi connectivity index (χ0n) is 13.8. The maximum Gasteiger partial charge on any atom is 0.416 e. The summed E-state index contributed by atoms with van der Waals surface area (Å²) in [5.74, 6) is -0.865. The van der Waals surface area contributed by atoms with Crippen molar-refractivity contribution in [1.82, 2.24) is 24.5 Å². The van der Waals surface area contributed by atoms with Crippen LogP contribution in [0.2, 0.25) is 5.02 Å². The first-order chi connectivity index (χ1) is 13.3. The molecule has 0 aliphatic rings. The Hall–Kier alpha value is -3.40. The van der Waals surface area contributed by atoms with Crippen molar-refractivity contribution in [2.45, 2.75) is 6.18 Å². The number of hydrogen-bond donors (Lipinski definition) is 2. The van der Waals surface area contributed by atoms with E-state index < -0.39 is 17.6 Å². The number of aromatic amines is 1. The Morgan fingerprint density at radius 2 is 1.96 bits per heavy atom. The summed E-state index contributed by atoms with van der Waals surface area (Å²) in [4.78, 5) is 27.3. The lowest BCUT2D eigenvalue weighted by Gasteiger charge is -2.14. The predicted octanol–water partition coefficient (Wildman–Crippen LogP) is 3.58. The quantitative estimate of drug-likeness (QED) is 0.542. The molecular formula is C17H10ClF3N6O. The number of hydrogen-bond acceptors (Lipinski definition) is 4. The fourth-order valence-corrected chi connectivity index (χ4v) is 3.12. The number of rotatable bonds is 3. The van der Waals surface area contributed by atoms with Crippen LogP contribution in [0.3, 0.4) is 0 Å². The summed E-state index contributed by atoms with van der Waals surface area (Å²) >= 11 is 6.11. The Labute approximate surface area is 160 Å². The van der Waals surface area contributed by atoms with Crippen molar-refractivity contribution in [3.05, 3.63) is 59.4 Å². The standard InChI is InChI=1S/C17H10ClF3N6O/c18-10-2-1-8(17(19,20)21)5-11(10)27-4-3-9(14(27)15(22)28)12-13-16(25-6-23-12)26-7-24-13/h1-7H,(H2,22,28)(H,23,24,25,26). The summed E-state index contributed by atoms with van der Waals surface area (Å²) < 4.78 is 40.5. The smallest absolute Gasteiger partial charge is 0.364 e. The van der Waals surface area contributed by atoms with Crippen LogP contribution >= 0.6 is 11.6 Å². The van der Waals surface area contributed by atoms with Gasteiger partial charge in [0.1, 0.15) is 23.2 Å². The highest BCUT2D eigenvalue weighted by molar-refractivity contribution is 6.32. The normalized spacial score (nSPS) is 11.9. The number of aromatic nitrogens is 5. The van der Waals surface area contributed by atoms with Gasteiger partial charge in [0.2, 0.25) is 0 Å². The first kappa shape index (κ1) is 18.0. The molecule has 0 radical (unpaired) electrons. The number of benzene rings is 1. The second kappa shape index (κ2) is 6.34. The fraction of sp³-hybridized carbons (Fsp3) is 0.0588. The predicted molar refractivity (Wildman–Crippen MR) is 95.0 cm³/mol. The second-order valence-corrected chi connectivity index (χ2v) is 6.21. The number of H-pyrrole nitrogens is 1. The van der Waals surface area contributed by atoms with E-state index in [4.69, 9.17) is 17.3 Å². The van der Waals surface area contributed by atoms with E-state index in [-0.39, 0.29) is 16.4 Å². The highest BCUT2D eigenvalue weighted by atomic mass is 35.5. The van der Waals surface area contributed by atoms with Gasteiger partial charge >= 0.3 is 6.18 Å². The summed E-state index contributed by atoms with van der Waals surface area (Å²) in [6.45, 7) is 0. The number of nitrogens with one attached hydrogen (secondary N) is 1. The first-order valence-corrected chi connectivity index (χ1v) is 8.18. The molecule has 3 N–H and O–H groups in total. The number of alkyl halides is 3. The molecule has 0 saturated heterocycles. The molecule has 7 nitrogen and oxygen atoms in total. The summed E-state index contributed by atoms with van der Waals surface area (Å²) in [7, 11) is 0. The number of primary amides is 1. The molecule has 0 unspecified atom stereocenters. The van der Waals surface area contributed by atoms with Crippen LogP contribution < -0.4 is 5.73 Å². The van der Waals surface area contributed by atoms with Crippen molar-refractivity contribution < 1.29 is 18.0 Å². The molecule has 3 aromatic heterocycles. The number of carbonyl (C=O) groups excluding carboxylic acids is 1. The Kier molecular flexibility index (Phi) is 4.07. The second-order valence-electron chi connectivity index (χ2n) is 5.80. The van der Waals surface area contributed by atoms with Gasteiger partial charge in [-0.3, -0.25) is 4.79 Å². The van der Waals surface area contributed by atoms with E-state index in [0.717, 1.165) is 18.2 Å². The summed E-state index contributed by atoms with van der Waals surface area (Å²) in [6.07, 6.45) is -0.490. The average Bonchev–Trinajstić information content (AvgIpc) is 3.27. The Balaban J connectivity index is 1.97. The van der Waals surface area contributed by atoms with Gasteiger partial charge in [0.25, 0.3) is 5.91 Å². The van der Waals surface area contributed by atoms with E-state index in [2.05, 4.69) is 19.9 Å². The number of fused-ring (bicyclic) bond motifs is 1. The molecule has 4 aromatic rings. The van der Waals surface area contributed by atoms with Crippen LogP contribution in [0.25, 0.3) is 28.1 Å². The van der Waals surface area contributed by atoms with Crippen LogP contribution in [0.15, 0.2) is 43.1 Å². The lowest BCUT2D eigenvalue weighted by molar-refractivity contribution is -0.137. The van der Waals surface area contributed by atoms with Gasteiger partial charge in [-0.25, -0.2) is 15.0 Å². The third-order valence-corrected chi connectivity index (χ3v) is 4.44. The highest BCUT2D eigenvalue weighted by Crippen LogP contribution is 2.35. The molecule has 1 aromatic carbocycles. The minimum atomic E-state index is -4.57. The molecule has 0 aliphatic carbocycles. The van der Waals surface area contributed by atoms with Crippen LogP contribution in [0.1, 0.15) is 16.1 Å². The molecule has 0 atom stereocenters. The number of carbonyl (C=O) groups is 1. The van der Waals surface area contributed by atoms with Crippen LogP contribution in [0.4, 0.5) is 13.2 Å². The first-order valence-electron chi connectivity index (χ1n) is 7.80. The fourth-order valence-electron chi connectivity index (χ4n) is 2.91. The van der Waals surface area contributed by atoms with Gasteiger partial charge in [0, 0.05) is 11.8 Å². The van der Waals surface area contributed by atoms with Gasteiger partial charge in [-0.15, -0.1) is 0 Å². The Morgan fingerprint density at radius 1 is 1.18 bits per heavy atom. The third-order valence-electron chi connectivity index (χ3n) is 4.13. The van der Waals surface area contributed by atoms with Crippen molar-refractivity contribution in [2.75, 3.05) is 0 Å². The molecule has 142 valence electrons. The number of imidazole rings is 1. The molecule has 0 fully saturated rings. The van der Waals surface area contributed by atoms with E-state index in [1.54, 1.807) is 0 Å². The average molecular weight is 407 g/mol. The van der Waals surface area contributed by atoms with Crippen LogP contribution in [0.5, 0.6) is 0 Å². The summed E-state index contributed by atoms with van der Waals surface area (Å²) in [5, 5.41) is 0.0188. The molecule has 0 saturated carbocycles. The lowest BCUT2D eigenvalue weighted by Crippen LogP contribution is -2.18. The van der Waals surface area contributed by atoms with Gasteiger partial charge in [-0.05, 0) is 24.3 Å². The maximum atomic E-state index is 13.1. The molecular weight excluding hydrogens is 397 g/mol. The number of halogens is 4. The summed E-state index contributed by atoms with van der Waals surface area (Å²) in [6, 6.07) is 4.33. The molecule has 11 heteroatoms. The van der Waals surface area contributed by atoms with Gasteiger partial charge in [0.05, 0.1) is 22.6 Å². The van der Waals surface area contributed by atoms with Crippen LogP contribution in [-0.4, -0.2) is 30.4 Å². The van der Waals surface area contributed by atoms with Gasteiger partial charge < -0.3 is 15.3 Å². The molecule has 0 spiro atoms. The minimum Gasteiger partial charge on any atom is -0.364 e. The minimum absolute atomic E-state index is 0.0188. The topological polar surface area (TPSA) is 102 Å². The van der Waals surface area contributed by atoms with E-state index in [1.165, 1.54) is 29.5 Å². The van der Waals surface area contributed by atoms with Crippen molar-refractivity contribution in [3.63, 3.8) is 0 Å². The van der Waals surface area contributed by atoms with Crippen molar-refractivity contribution >= 4 is 28.7 Å². The lowest BCUT2D eigenvalue weighted by atomic mass is 10.1. The molecule has 4 rings (SSSR count). The van der Waals surface area contributed by atoms with Crippen LogP contribution in [-0.2, 0) is 6.18 Å². The van der Waals surface area contributed by atoms with Crippen LogP contribution in [0, 0.1) is 0 Å². The number of nitrogens with zero attached hydrogens (tertiary/aromatic N) is 4. The molecule has 3 heterocycles. The largest absolute Gasteiger partial charge is 0.416 e. The van der Waals surface area contributed by atoms with Gasteiger partial charge in [0.15, 0.2) is 5.65 Å². The number of nitrogens with two attached hydrogens (primary N) is 1. The zero-order chi connectivity index (χ0) is 20.1. The maximum absolute atomic E-state index is 13.1. The third kappa shape index (κ3) is 2.87. The monoisotopic (exact) mass is 406 g/mol. The molecule has 28 heavy (non-hydrogen) atoms.